The molecule has 36 heavy (non-hydrogen) atoms. The summed E-state index contributed by atoms with van der Waals surface area (Å²) in [7, 11) is 0. The molecule has 0 amide bonds. The lowest BCUT2D eigenvalue weighted by Gasteiger charge is -2.63. The number of ether oxygens (including phenoxy) is 1. The Morgan fingerprint density at radius 2 is 2.00 bits per heavy atom. The zero-order valence-corrected chi connectivity index (χ0v) is 22.1. The number of nitrogens with zero attached hydrogens (tertiary/aromatic N) is 1. The number of ketones is 1. The average molecular weight is 538 g/mol. The van der Waals surface area contributed by atoms with Gasteiger partial charge >= 0.3 is 5.97 Å². The maximum absolute atomic E-state index is 17.3. The number of hydrogen-bond donors (Lipinski definition) is 2. The number of esters is 1. The highest BCUT2D eigenvalue weighted by atomic mass is 32.1. The molecule has 0 saturated heterocycles. The molecule has 6 nitrogen and oxygen atoms in total. The van der Waals surface area contributed by atoms with Crippen LogP contribution in [0.2, 0.25) is 0 Å². The Morgan fingerprint density at radius 3 is 2.61 bits per heavy atom. The number of hydrogen-bond acceptors (Lipinski definition) is 7. The van der Waals surface area contributed by atoms with Crippen molar-refractivity contribution in [1.82, 2.24) is 4.98 Å². The highest BCUT2D eigenvalue weighted by Gasteiger charge is 2.77. The molecule has 0 bridgehead atoms. The minimum absolute atomic E-state index is 0.0403. The minimum Gasteiger partial charge on any atom is -0.499 e. The molecule has 5 rings (SSSR count). The van der Waals surface area contributed by atoms with E-state index in [1.165, 1.54) is 24.6 Å². The lowest BCUT2D eigenvalue weighted by atomic mass is 9.44. The number of aryl methyl sites for hydroxylation is 1. The van der Waals surface area contributed by atoms with Crippen LogP contribution in [0.25, 0.3) is 0 Å². The number of halogens is 2. The van der Waals surface area contributed by atoms with E-state index < -0.39 is 68.9 Å². The van der Waals surface area contributed by atoms with E-state index in [0.29, 0.717) is 12.1 Å². The second-order valence-electron chi connectivity index (χ2n) is 11.2. The van der Waals surface area contributed by atoms with Crippen molar-refractivity contribution < 1.29 is 33.3 Å². The first-order chi connectivity index (χ1) is 16.7. The number of aromatic nitrogens is 1. The van der Waals surface area contributed by atoms with Crippen molar-refractivity contribution in [3.8, 4) is 0 Å². The summed E-state index contributed by atoms with van der Waals surface area (Å²) < 4.78 is 39.0. The molecule has 194 valence electrons. The van der Waals surface area contributed by atoms with Gasteiger partial charge in [0.2, 0.25) is 5.05 Å². The summed E-state index contributed by atoms with van der Waals surface area (Å²) in [5, 5.41) is 21.8. The molecule has 3 fully saturated rings. The van der Waals surface area contributed by atoms with E-state index in [2.05, 4.69) is 4.98 Å². The summed E-state index contributed by atoms with van der Waals surface area (Å²) in [5.74, 6) is -3.17. The fourth-order valence-electron chi connectivity index (χ4n) is 7.93. The van der Waals surface area contributed by atoms with Crippen molar-refractivity contribution in [1.29, 1.82) is 0 Å². The number of allylic oxidation sites excluding steroid dienone is 4. The molecule has 2 N–H and O–H groups in total. The molecule has 0 spiro atoms. The fourth-order valence-corrected chi connectivity index (χ4v) is 9.08. The van der Waals surface area contributed by atoms with Crippen molar-refractivity contribution in [2.75, 3.05) is 0 Å². The lowest BCUT2D eigenvalue weighted by Crippen LogP contribution is -2.70. The molecule has 3 saturated carbocycles. The third kappa shape index (κ3) is 2.95. The van der Waals surface area contributed by atoms with Crippen molar-refractivity contribution in [2.45, 2.75) is 70.5 Å². The number of carbonyl (C=O) groups excluding carboxylic acids is 2. The van der Waals surface area contributed by atoms with Crippen LogP contribution in [0.4, 0.5) is 8.78 Å². The lowest BCUT2D eigenvalue weighted by molar-refractivity contribution is -0.215. The zero-order chi connectivity index (χ0) is 26.4. The van der Waals surface area contributed by atoms with E-state index in [1.807, 2.05) is 0 Å². The van der Waals surface area contributed by atoms with Gasteiger partial charge < -0.3 is 14.9 Å². The monoisotopic (exact) mass is 537 g/mol. The number of aliphatic hydroxyl groups is 2. The zero-order valence-electron chi connectivity index (χ0n) is 20.5. The summed E-state index contributed by atoms with van der Waals surface area (Å²) in [4.78, 5) is 29.6. The summed E-state index contributed by atoms with van der Waals surface area (Å²) in [6.45, 7) is 6.70. The normalized spacial score (nSPS) is 45.4. The SMILES string of the molecule is Cc1ncsc1C(=O)O[C@@]1(C(O)=S)[C@H](C)C[C@H]2[C@@H]3C[C@H](F)C4=CC(=O)C=C[C@]4(C)[C@@]3(F)[C@@H](O)C[C@@]21C. The van der Waals surface area contributed by atoms with Crippen LogP contribution < -0.4 is 0 Å². The second kappa shape index (κ2) is 7.98. The summed E-state index contributed by atoms with van der Waals surface area (Å²) in [6.07, 6.45) is 0.470. The standard InChI is InChI=1S/C26H29F2NO5S2/c1-12-7-15-16-9-18(27)17-8-14(30)5-6-23(17,3)25(16,28)19(31)10-24(15,4)26(12,22(33)35)34-21(32)20-13(2)29-11-36-20/h5-6,8,11-12,15-16,18-19,31H,7,9-10H2,1-4H3,(H,33,35)/t12-,15+,16+,18+,19+,23+,24+,25+,26-/m1/s1. The van der Waals surface area contributed by atoms with E-state index >= 15 is 8.78 Å². The highest BCUT2D eigenvalue weighted by molar-refractivity contribution is 7.80. The third-order valence-electron chi connectivity index (χ3n) is 9.67. The largest absolute Gasteiger partial charge is 0.499 e. The second-order valence-corrected chi connectivity index (χ2v) is 12.4. The first-order valence-electron chi connectivity index (χ1n) is 12.1. The first-order valence-corrected chi connectivity index (χ1v) is 13.4. The molecular weight excluding hydrogens is 508 g/mol. The van der Waals surface area contributed by atoms with Crippen molar-refractivity contribution in [3.05, 3.63) is 39.9 Å². The van der Waals surface area contributed by atoms with Gasteiger partial charge in [0, 0.05) is 22.7 Å². The van der Waals surface area contributed by atoms with Gasteiger partial charge in [-0.25, -0.2) is 18.6 Å². The van der Waals surface area contributed by atoms with Gasteiger partial charge in [0.1, 0.15) is 11.0 Å². The molecule has 9 atom stereocenters. The number of alkyl halides is 2. The van der Waals surface area contributed by atoms with E-state index in [0.717, 1.165) is 17.4 Å². The van der Waals surface area contributed by atoms with Crippen molar-refractivity contribution >= 4 is 40.4 Å². The van der Waals surface area contributed by atoms with Gasteiger partial charge in [-0.05, 0) is 69.0 Å². The Labute approximate surface area is 217 Å². The van der Waals surface area contributed by atoms with E-state index in [-0.39, 0.29) is 23.3 Å². The molecule has 0 unspecified atom stereocenters. The molecule has 10 heteroatoms. The Hall–Kier alpha value is -2.04. The van der Waals surface area contributed by atoms with Crippen LogP contribution in [0.3, 0.4) is 0 Å². The van der Waals surface area contributed by atoms with E-state index in [9.17, 15) is 19.8 Å². The molecule has 1 heterocycles. The molecule has 0 aliphatic heterocycles. The predicted octanol–water partition coefficient (Wildman–Crippen LogP) is 4.80. The number of rotatable bonds is 3. The maximum Gasteiger partial charge on any atom is 0.351 e. The summed E-state index contributed by atoms with van der Waals surface area (Å²) in [6, 6.07) is 0. The minimum atomic E-state index is -2.27. The van der Waals surface area contributed by atoms with Gasteiger partial charge in [-0.3, -0.25) is 4.79 Å². The number of fused-ring (bicyclic) bond motifs is 5. The van der Waals surface area contributed by atoms with Gasteiger partial charge in [0.15, 0.2) is 17.1 Å². The Bertz CT molecular complexity index is 1230. The van der Waals surface area contributed by atoms with Crippen LogP contribution in [-0.2, 0) is 9.53 Å². The first kappa shape index (κ1) is 25.6. The fraction of sp³-hybridized carbons (Fsp3) is 0.615. The highest BCUT2D eigenvalue weighted by Crippen LogP contribution is 2.71. The average Bonchev–Trinajstić information content (AvgIpc) is 3.32. The van der Waals surface area contributed by atoms with Crippen LogP contribution in [-0.4, -0.2) is 55.5 Å². The number of thiocarbonyl (C=S) groups is 1. The number of aliphatic hydroxyl groups excluding tert-OH is 2. The van der Waals surface area contributed by atoms with Crippen LogP contribution in [0.5, 0.6) is 0 Å². The topological polar surface area (TPSA) is 96.7 Å². The van der Waals surface area contributed by atoms with Crippen molar-refractivity contribution in [2.24, 2.45) is 28.6 Å². The third-order valence-corrected chi connectivity index (χ3v) is 10.9. The van der Waals surface area contributed by atoms with Crippen molar-refractivity contribution in [3.63, 3.8) is 0 Å². The summed E-state index contributed by atoms with van der Waals surface area (Å²) >= 11 is 6.39. The van der Waals surface area contributed by atoms with Gasteiger partial charge in [-0.1, -0.05) is 19.9 Å². The molecule has 4 aliphatic carbocycles. The molecular formula is C26H29F2NO5S2. The van der Waals surface area contributed by atoms with Gasteiger partial charge in [-0.2, -0.15) is 0 Å². The maximum atomic E-state index is 17.3. The Morgan fingerprint density at radius 1 is 1.31 bits per heavy atom. The summed E-state index contributed by atoms with van der Waals surface area (Å²) in [5.41, 5.74) is -4.62. The molecule has 0 aromatic carbocycles. The molecule has 4 aliphatic rings. The van der Waals surface area contributed by atoms with E-state index in [1.54, 1.807) is 20.8 Å². The van der Waals surface area contributed by atoms with Crippen LogP contribution in [0.15, 0.2) is 29.3 Å². The van der Waals surface area contributed by atoms with E-state index in [4.69, 9.17) is 17.0 Å². The van der Waals surface area contributed by atoms with Crippen LogP contribution >= 0.6 is 23.6 Å². The quantitative estimate of drug-likeness (QED) is 0.422. The number of thiazole rings is 1. The predicted molar refractivity (Wildman–Crippen MR) is 133 cm³/mol. The molecule has 1 aromatic heterocycles. The Kier molecular flexibility index (Phi) is 5.67. The van der Waals surface area contributed by atoms with Gasteiger partial charge in [0.05, 0.1) is 17.3 Å². The molecule has 0 radical (unpaired) electrons. The number of carbonyl (C=O) groups is 2. The molecule has 1 aromatic rings. The smallest absolute Gasteiger partial charge is 0.351 e. The van der Waals surface area contributed by atoms with Gasteiger partial charge in [-0.15, -0.1) is 11.3 Å². The Balaban J connectivity index is 1.62. The van der Waals surface area contributed by atoms with Gasteiger partial charge in [0.25, 0.3) is 0 Å². The van der Waals surface area contributed by atoms with Crippen LogP contribution in [0.1, 0.15) is 55.4 Å². The van der Waals surface area contributed by atoms with Crippen LogP contribution in [0, 0.1) is 35.5 Å².